The van der Waals surface area contributed by atoms with Crippen LogP contribution in [0.5, 0.6) is 0 Å². The molecule has 2 atom stereocenters. The second kappa shape index (κ2) is 12.5. The molecule has 0 spiro atoms. The number of sulfonamides is 1. The van der Waals surface area contributed by atoms with Crippen LogP contribution in [0, 0.1) is 0 Å². The molecule has 0 aliphatic carbocycles. The van der Waals surface area contributed by atoms with Crippen LogP contribution in [0.15, 0.2) is 54.6 Å². The molecule has 35 heavy (non-hydrogen) atoms. The van der Waals surface area contributed by atoms with Crippen molar-refractivity contribution in [1.82, 2.24) is 14.5 Å². The number of amides is 2. The van der Waals surface area contributed by atoms with Gasteiger partial charge < -0.3 is 15.0 Å². The van der Waals surface area contributed by atoms with Gasteiger partial charge in [0.1, 0.15) is 6.04 Å². The predicted molar refractivity (Wildman–Crippen MR) is 135 cm³/mol. The predicted octanol–water partition coefficient (Wildman–Crippen LogP) is 2.47. The molecule has 1 aliphatic rings. The molecule has 1 saturated heterocycles. The lowest BCUT2D eigenvalue weighted by molar-refractivity contribution is -0.141. The van der Waals surface area contributed by atoms with Gasteiger partial charge in [0.15, 0.2) is 0 Å². The van der Waals surface area contributed by atoms with Crippen LogP contribution in [0.3, 0.4) is 0 Å². The third-order valence-corrected chi connectivity index (χ3v) is 7.50. The second-order valence-electron chi connectivity index (χ2n) is 8.75. The lowest BCUT2D eigenvalue weighted by atomic mass is 10.0. The molecule has 8 nitrogen and oxygen atoms in total. The van der Waals surface area contributed by atoms with Crippen molar-refractivity contribution in [2.75, 3.05) is 33.0 Å². The lowest BCUT2D eigenvalue weighted by Crippen LogP contribution is -2.53. The van der Waals surface area contributed by atoms with Crippen molar-refractivity contribution in [1.29, 1.82) is 0 Å². The summed E-state index contributed by atoms with van der Waals surface area (Å²) in [7, 11) is -2.24. The molecule has 1 N–H and O–H groups in total. The average Bonchev–Trinajstić information content (AvgIpc) is 3.34. The van der Waals surface area contributed by atoms with E-state index in [2.05, 4.69) is 5.32 Å². The summed E-state index contributed by atoms with van der Waals surface area (Å²) in [5.41, 5.74) is 1.66. The molecule has 0 unspecified atom stereocenters. The fraction of sp³-hybridized carbons (Fsp3) is 0.440. The van der Waals surface area contributed by atoms with E-state index in [0.717, 1.165) is 34.5 Å². The Bertz CT molecular complexity index is 1090. The van der Waals surface area contributed by atoms with Crippen molar-refractivity contribution < 1.29 is 22.7 Å². The summed E-state index contributed by atoms with van der Waals surface area (Å²) < 4.78 is 30.6. The number of hydrogen-bond acceptors (Lipinski definition) is 5. The highest BCUT2D eigenvalue weighted by molar-refractivity contribution is 7.88. The monoisotopic (exact) mass is 521 g/mol. The van der Waals surface area contributed by atoms with Crippen LogP contribution in [-0.4, -0.2) is 74.6 Å². The quantitative estimate of drug-likeness (QED) is 0.490. The summed E-state index contributed by atoms with van der Waals surface area (Å²) in [5.74, 6) is -0.783. The summed E-state index contributed by atoms with van der Waals surface area (Å²) in [6.07, 6.45) is 3.09. The fourth-order valence-corrected chi connectivity index (χ4v) is 4.35. The minimum Gasteiger partial charge on any atom is -0.376 e. The van der Waals surface area contributed by atoms with E-state index in [0.29, 0.717) is 18.2 Å². The van der Waals surface area contributed by atoms with Crippen molar-refractivity contribution in [3.05, 3.63) is 70.7 Å². The lowest BCUT2D eigenvalue weighted by Gasteiger charge is -2.32. The van der Waals surface area contributed by atoms with Crippen molar-refractivity contribution in [3.63, 3.8) is 0 Å². The van der Waals surface area contributed by atoms with Gasteiger partial charge in [-0.3, -0.25) is 9.59 Å². The van der Waals surface area contributed by atoms with Gasteiger partial charge in [0.2, 0.25) is 21.8 Å². The minimum absolute atomic E-state index is 0.0480. The maximum absolute atomic E-state index is 13.5. The number of nitrogens with one attached hydrogen (secondary N) is 1. The Morgan fingerprint density at radius 2 is 1.80 bits per heavy atom. The second-order valence-corrected chi connectivity index (χ2v) is 11.3. The van der Waals surface area contributed by atoms with Crippen LogP contribution < -0.4 is 5.32 Å². The minimum atomic E-state index is -3.58. The average molecular weight is 522 g/mol. The highest BCUT2D eigenvalue weighted by Crippen LogP contribution is 2.18. The van der Waals surface area contributed by atoms with Crippen molar-refractivity contribution in [2.24, 2.45) is 0 Å². The van der Waals surface area contributed by atoms with Gasteiger partial charge in [0.05, 0.1) is 18.9 Å². The summed E-state index contributed by atoms with van der Waals surface area (Å²) in [4.78, 5) is 28.4. The van der Waals surface area contributed by atoms with Gasteiger partial charge in [-0.05, 0) is 36.1 Å². The van der Waals surface area contributed by atoms with Crippen LogP contribution in [0.4, 0.5) is 0 Å². The molecule has 0 saturated carbocycles. The number of nitrogens with zero attached hydrogens (tertiary/aromatic N) is 2. The van der Waals surface area contributed by atoms with Crippen LogP contribution in [-0.2, 0) is 37.3 Å². The Labute approximate surface area is 212 Å². The summed E-state index contributed by atoms with van der Waals surface area (Å²) in [6.45, 7) is 0.776. The first-order valence-corrected chi connectivity index (χ1v) is 13.7. The van der Waals surface area contributed by atoms with E-state index in [1.807, 2.05) is 30.3 Å². The standard InChI is InChI=1S/C25H32ClN3O5S/c1-28(35(2,32)33)18-24(30)29(17-20-10-12-21(26)13-11-20)23(15-19-7-4-3-5-8-19)25(31)27-16-22-9-6-14-34-22/h3-5,7-8,10-13,22-23H,6,9,14-18H2,1-2H3,(H,27,31)/t22-,23-/m0/s1. The van der Waals surface area contributed by atoms with Crippen LogP contribution in [0.25, 0.3) is 0 Å². The molecule has 2 amide bonds. The molecule has 190 valence electrons. The normalized spacial score (nSPS) is 16.7. The molecule has 0 aromatic heterocycles. The fourth-order valence-electron chi connectivity index (χ4n) is 3.88. The van der Waals surface area contributed by atoms with E-state index in [9.17, 15) is 18.0 Å². The molecule has 1 fully saturated rings. The van der Waals surface area contributed by atoms with Gasteiger partial charge in [-0.2, -0.15) is 4.31 Å². The van der Waals surface area contributed by atoms with E-state index in [4.69, 9.17) is 16.3 Å². The highest BCUT2D eigenvalue weighted by Gasteiger charge is 2.32. The number of ether oxygens (including phenoxy) is 1. The number of likely N-dealkylation sites (N-methyl/N-ethyl adjacent to an activating group) is 1. The van der Waals surface area contributed by atoms with Crippen LogP contribution in [0.1, 0.15) is 24.0 Å². The molecule has 3 rings (SSSR count). The van der Waals surface area contributed by atoms with E-state index in [1.165, 1.54) is 11.9 Å². The van der Waals surface area contributed by atoms with Gasteiger partial charge in [-0.25, -0.2) is 8.42 Å². The first-order valence-electron chi connectivity index (χ1n) is 11.5. The SMILES string of the molecule is CN(CC(=O)N(Cc1ccc(Cl)cc1)[C@@H](Cc1ccccc1)C(=O)NC[C@@H]1CCCO1)S(C)(=O)=O. The van der Waals surface area contributed by atoms with E-state index in [1.54, 1.807) is 24.3 Å². The summed E-state index contributed by atoms with van der Waals surface area (Å²) in [6, 6.07) is 15.6. The van der Waals surface area contributed by atoms with Crippen molar-refractivity contribution >= 4 is 33.4 Å². The van der Waals surface area contributed by atoms with Gasteiger partial charge in [-0.1, -0.05) is 54.1 Å². The molecule has 0 bridgehead atoms. The molecule has 0 radical (unpaired) electrons. The smallest absolute Gasteiger partial charge is 0.243 e. The van der Waals surface area contributed by atoms with Gasteiger partial charge in [-0.15, -0.1) is 0 Å². The Morgan fingerprint density at radius 1 is 1.11 bits per heavy atom. The molecule has 1 heterocycles. The molecule has 1 aliphatic heterocycles. The van der Waals surface area contributed by atoms with Crippen LogP contribution in [0.2, 0.25) is 5.02 Å². The van der Waals surface area contributed by atoms with Crippen LogP contribution >= 0.6 is 11.6 Å². The number of benzene rings is 2. The maximum atomic E-state index is 13.5. The molecule has 2 aromatic carbocycles. The zero-order valence-corrected chi connectivity index (χ0v) is 21.6. The van der Waals surface area contributed by atoms with E-state index < -0.39 is 22.0 Å². The van der Waals surface area contributed by atoms with E-state index in [-0.39, 0.29) is 31.5 Å². The first kappa shape index (κ1) is 27.1. The van der Waals surface area contributed by atoms with Gasteiger partial charge >= 0.3 is 0 Å². The molecule has 2 aromatic rings. The number of hydrogen-bond donors (Lipinski definition) is 1. The highest BCUT2D eigenvalue weighted by atomic mass is 35.5. The number of carbonyl (C=O) groups is 2. The number of halogens is 1. The summed E-state index contributed by atoms with van der Waals surface area (Å²) >= 11 is 6.02. The Kier molecular flexibility index (Phi) is 9.68. The van der Waals surface area contributed by atoms with Crippen molar-refractivity contribution in [2.45, 2.75) is 38.0 Å². The van der Waals surface area contributed by atoms with Gasteiger partial charge in [0.25, 0.3) is 0 Å². The zero-order valence-electron chi connectivity index (χ0n) is 20.0. The third-order valence-electron chi connectivity index (χ3n) is 5.99. The van der Waals surface area contributed by atoms with E-state index >= 15 is 0 Å². The topological polar surface area (TPSA) is 96.0 Å². The Morgan fingerprint density at radius 3 is 2.40 bits per heavy atom. The molecular weight excluding hydrogens is 490 g/mol. The number of rotatable bonds is 11. The maximum Gasteiger partial charge on any atom is 0.243 e. The molecular formula is C25H32ClN3O5S. The molecule has 10 heteroatoms. The van der Waals surface area contributed by atoms with Gasteiger partial charge in [0, 0.05) is 38.2 Å². The first-order chi connectivity index (χ1) is 16.6. The van der Waals surface area contributed by atoms with Crippen molar-refractivity contribution in [3.8, 4) is 0 Å². The number of carbonyl (C=O) groups excluding carboxylic acids is 2. The Balaban J connectivity index is 1.90. The summed E-state index contributed by atoms with van der Waals surface area (Å²) in [5, 5.41) is 3.50. The largest absolute Gasteiger partial charge is 0.376 e. The zero-order chi connectivity index (χ0) is 25.4. The Hall–Kier alpha value is -2.46. The third kappa shape index (κ3) is 8.31.